The van der Waals surface area contributed by atoms with Crippen LogP contribution in [0.5, 0.6) is 11.5 Å². The zero-order valence-corrected chi connectivity index (χ0v) is 10.5. The van der Waals surface area contributed by atoms with E-state index in [0.29, 0.717) is 17.9 Å². The number of nitrogens with zero attached hydrogens (tertiary/aromatic N) is 1. The van der Waals surface area contributed by atoms with Gasteiger partial charge < -0.3 is 9.84 Å². The number of aromatic amines is 1. The van der Waals surface area contributed by atoms with Crippen molar-refractivity contribution in [2.75, 3.05) is 7.11 Å². The number of rotatable bonds is 4. The molecule has 1 heterocycles. The second-order valence-electron chi connectivity index (χ2n) is 3.57. The van der Waals surface area contributed by atoms with E-state index in [4.69, 9.17) is 4.74 Å². The molecule has 0 spiro atoms. The molecule has 0 radical (unpaired) electrons. The molecule has 2 aromatic rings. The average Bonchev–Trinajstić information content (AvgIpc) is 2.77. The molecule has 0 amide bonds. The number of benzene rings is 1. The number of aliphatic imine (C=N–C) groups is 1. The Hall–Kier alpha value is -2.08. The number of phenolic OH excluding ortho intramolecular Hbond substituents is 1. The third-order valence-electron chi connectivity index (χ3n) is 2.29. The summed E-state index contributed by atoms with van der Waals surface area (Å²) in [6.45, 7) is 0.412. The molecule has 0 saturated heterocycles. The second-order valence-corrected chi connectivity index (χ2v) is 4.51. The quantitative estimate of drug-likeness (QED) is 0.826. The molecule has 1 aromatic heterocycles. The summed E-state index contributed by atoms with van der Waals surface area (Å²) in [7, 11) is 1.54. The van der Waals surface area contributed by atoms with Crippen LogP contribution in [0.25, 0.3) is 0 Å². The lowest BCUT2D eigenvalue weighted by Gasteiger charge is -2.02. The molecule has 0 aliphatic heterocycles. The van der Waals surface area contributed by atoms with E-state index in [-0.39, 0.29) is 11.3 Å². The average molecular weight is 264 g/mol. The molecule has 0 aliphatic rings. The third-order valence-corrected chi connectivity index (χ3v) is 3.10. The van der Waals surface area contributed by atoms with Gasteiger partial charge in [0.15, 0.2) is 0 Å². The minimum Gasteiger partial charge on any atom is -0.507 e. The first-order valence-electron chi connectivity index (χ1n) is 5.23. The fraction of sp³-hybridized carbons (Fsp3) is 0.167. The largest absolute Gasteiger partial charge is 0.507 e. The number of ether oxygens (including phenoxy) is 1. The first-order valence-corrected chi connectivity index (χ1v) is 6.05. The molecule has 0 saturated carbocycles. The summed E-state index contributed by atoms with van der Waals surface area (Å²) in [5, 5.41) is 9.70. The van der Waals surface area contributed by atoms with Crippen molar-refractivity contribution < 1.29 is 9.84 Å². The Bertz CT molecular complexity index is 616. The number of phenols is 1. The van der Waals surface area contributed by atoms with Crippen LogP contribution in [-0.4, -0.2) is 22.8 Å². The number of aromatic hydroxyl groups is 1. The summed E-state index contributed by atoms with van der Waals surface area (Å²) in [6, 6.07) is 6.50. The topological polar surface area (TPSA) is 74.7 Å². The first-order chi connectivity index (χ1) is 8.69. The summed E-state index contributed by atoms with van der Waals surface area (Å²) >= 11 is 1.26. The van der Waals surface area contributed by atoms with E-state index in [1.165, 1.54) is 30.8 Å². The minimum atomic E-state index is -0.113. The van der Waals surface area contributed by atoms with Gasteiger partial charge in [0.2, 0.25) is 0 Å². The van der Waals surface area contributed by atoms with Crippen LogP contribution in [0.1, 0.15) is 10.4 Å². The van der Waals surface area contributed by atoms with Crippen molar-refractivity contribution >= 4 is 17.7 Å². The van der Waals surface area contributed by atoms with Crippen molar-refractivity contribution in [1.29, 1.82) is 0 Å². The maximum absolute atomic E-state index is 10.9. The maximum Gasteiger partial charge on any atom is 0.258 e. The fourth-order valence-electron chi connectivity index (χ4n) is 1.39. The molecule has 0 atom stereocenters. The number of aromatic nitrogens is 1. The van der Waals surface area contributed by atoms with Gasteiger partial charge in [-0.15, -0.1) is 0 Å². The van der Waals surface area contributed by atoms with Gasteiger partial charge in [0.05, 0.1) is 13.7 Å². The second kappa shape index (κ2) is 5.50. The predicted molar refractivity (Wildman–Crippen MR) is 70.9 cm³/mol. The highest BCUT2D eigenvalue weighted by Gasteiger charge is 2.00. The van der Waals surface area contributed by atoms with Gasteiger partial charge >= 0.3 is 0 Å². The molecule has 1 aromatic carbocycles. The molecule has 0 unspecified atom stereocenters. The Morgan fingerprint density at radius 2 is 2.33 bits per heavy atom. The summed E-state index contributed by atoms with van der Waals surface area (Å²) < 4.78 is 7.57. The van der Waals surface area contributed by atoms with Crippen molar-refractivity contribution in [3.8, 4) is 11.5 Å². The summed E-state index contributed by atoms with van der Waals surface area (Å²) in [6.07, 6.45) is 1.57. The summed E-state index contributed by atoms with van der Waals surface area (Å²) in [5.74, 6) is 0.703. The van der Waals surface area contributed by atoms with Crippen molar-refractivity contribution in [2.45, 2.75) is 6.54 Å². The molecule has 5 nitrogen and oxygen atoms in total. The van der Waals surface area contributed by atoms with Crippen LogP contribution in [0, 0.1) is 0 Å². The van der Waals surface area contributed by atoms with E-state index in [1.807, 2.05) is 0 Å². The molecule has 0 fully saturated rings. The van der Waals surface area contributed by atoms with Gasteiger partial charge in [0.25, 0.3) is 5.56 Å². The number of nitrogens with one attached hydrogen (secondary N) is 1. The lowest BCUT2D eigenvalue weighted by atomic mass is 10.2. The Kier molecular flexibility index (Phi) is 3.78. The number of methoxy groups -OCH3 is 1. The van der Waals surface area contributed by atoms with Crippen LogP contribution >= 0.6 is 11.5 Å². The van der Waals surface area contributed by atoms with E-state index >= 15 is 0 Å². The van der Waals surface area contributed by atoms with Crippen LogP contribution in [0.4, 0.5) is 0 Å². The van der Waals surface area contributed by atoms with Crippen molar-refractivity contribution in [1.82, 2.24) is 4.37 Å². The Balaban J connectivity index is 2.07. The van der Waals surface area contributed by atoms with E-state index < -0.39 is 0 Å². The van der Waals surface area contributed by atoms with Crippen LogP contribution in [0.15, 0.2) is 34.1 Å². The van der Waals surface area contributed by atoms with Gasteiger partial charge in [-0.1, -0.05) is 11.5 Å². The smallest absolute Gasteiger partial charge is 0.258 e. The van der Waals surface area contributed by atoms with Crippen molar-refractivity contribution in [3.63, 3.8) is 0 Å². The maximum atomic E-state index is 10.9. The van der Waals surface area contributed by atoms with Crippen molar-refractivity contribution in [2.24, 2.45) is 4.99 Å². The molecule has 0 bridgehead atoms. The lowest BCUT2D eigenvalue weighted by Crippen LogP contribution is -1.92. The standard InChI is InChI=1S/C12H12N2O3S/c1-17-9-3-2-8(11(15)4-9)6-13-7-10-5-12(16)14-18-10/h2-6,15H,7H2,1H3,(H,14,16). The van der Waals surface area contributed by atoms with Gasteiger partial charge in [0, 0.05) is 28.8 Å². The monoisotopic (exact) mass is 264 g/mol. The highest BCUT2D eigenvalue weighted by Crippen LogP contribution is 2.21. The summed E-state index contributed by atoms with van der Waals surface area (Å²) in [4.78, 5) is 15.9. The van der Waals surface area contributed by atoms with E-state index in [2.05, 4.69) is 9.37 Å². The number of H-pyrrole nitrogens is 1. The van der Waals surface area contributed by atoms with Crippen LogP contribution in [0.2, 0.25) is 0 Å². The molecular weight excluding hydrogens is 252 g/mol. The highest BCUT2D eigenvalue weighted by atomic mass is 32.1. The Labute approximate surface area is 108 Å². The molecule has 2 N–H and O–H groups in total. The van der Waals surface area contributed by atoms with Crippen LogP contribution < -0.4 is 10.3 Å². The highest BCUT2D eigenvalue weighted by molar-refractivity contribution is 7.05. The van der Waals surface area contributed by atoms with Gasteiger partial charge in [-0.2, -0.15) is 0 Å². The molecule has 94 valence electrons. The van der Waals surface area contributed by atoms with E-state index in [1.54, 1.807) is 18.3 Å². The Morgan fingerprint density at radius 3 is 2.94 bits per heavy atom. The SMILES string of the molecule is COc1ccc(C=NCc2cc(=O)[nH]s2)c(O)c1. The van der Waals surface area contributed by atoms with Crippen LogP contribution in [0.3, 0.4) is 0 Å². The summed E-state index contributed by atoms with van der Waals surface area (Å²) in [5.41, 5.74) is 0.496. The normalized spacial score (nSPS) is 10.9. The zero-order valence-electron chi connectivity index (χ0n) is 9.71. The Morgan fingerprint density at radius 1 is 1.50 bits per heavy atom. The fourth-order valence-corrected chi connectivity index (χ4v) is 1.99. The van der Waals surface area contributed by atoms with Gasteiger partial charge in [0.1, 0.15) is 11.5 Å². The predicted octanol–water partition coefficient (Wildman–Crippen LogP) is 1.77. The van der Waals surface area contributed by atoms with Crippen molar-refractivity contribution in [3.05, 3.63) is 45.1 Å². The molecule has 18 heavy (non-hydrogen) atoms. The van der Waals surface area contributed by atoms with Gasteiger partial charge in [-0.25, -0.2) is 0 Å². The number of hydrogen-bond donors (Lipinski definition) is 2. The van der Waals surface area contributed by atoms with E-state index in [0.717, 1.165) is 4.88 Å². The lowest BCUT2D eigenvalue weighted by molar-refractivity contribution is 0.407. The van der Waals surface area contributed by atoms with Gasteiger partial charge in [-0.05, 0) is 12.1 Å². The molecule has 0 aliphatic carbocycles. The molecule has 2 rings (SSSR count). The zero-order chi connectivity index (χ0) is 13.0. The number of hydrogen-bond acceptors (Lipinski definition) is 5. The van der Waals surface area contributed by atoms with Gasteiger partial charge in [-0.3, -0.25) is 14.2 Å². The van der Waals surface area contributed by atoms with Crippen LogP contribution in [-0.2, 0) is 6.54 Å². The van der Waals surface area contributed by atoms with E-state index in [9.17, 15) is 9.90 Å². The minimum absolute atomic E-state index is 0.111. The molecule has 6 heteroatoms. The first kappa shape index (κ1) is 12.4. The molecular formula is C12H12N2O3S. The third kappa shape index (κ3) is 2.98.